The summed E-state index contributed by atoms with van der Waals surface area (Å²) < 4.78 is 50.6. The molecule has 1 fully saturated rings. The van der Waals surface area contributed by atoms with Crippen molar-refractivity contribution in [1.82, 2.24) is 9.62 Å². The zero-order valence-corrected chi connectivity index (χ0v) is 26.1. The van der Waals surface area contributed by atoms with Gasteiger partial charge in [0.05, 0.1) is 30.2 Å². The van der Waals surface area contributed by atoms with Gasteiger partial charge in [-0.05, 0) is 86.4 Å². The predicted molar refractivity (Wildman–Crippen MR) is 165 cm³/mol. The molecule has 3 aliphatic heterocycles. The van der Waals surface area contributed by atoms with E-state index in [0.717, 1.165) is 25.7 Å². The minimum absolute atomic E-state index is 0.0327. The quantitative estimate of drug-likeness (QED) is 0.475. The number of sulfonamides is 1. The average molecular weight is 632 g/mol. The fourth-order valence-corrected chi connectivity index (χ4v) is 8.62. The number of fused-ring (bicyclic) bond motifs is 4. The van der Waals surface area contributed by atoms with Crippen LogP contribution in [0.3, 0.4) is 0 Å². The van der Waals surface area contributed by atoms with Crippen molar-refractivity contribution < 1.29 is 27.4 Å². The van der Waals surface area contributed by atoms with Crippen LogP contribution >= 0.6 is 11.6 Å². The van der Waals surface area contributed by atoms with E-state index in [1.807, 2.05) is 17.0 Å². The summed E-state index contributed by atoms with van der Waals surface area (Å²) in [5.41, 5.74) is 2.97. The molecule has 0 unspecified atom stereocenters. The average Bonchev–Trinajstić information content (AvgIpc) is 3.12. The molecule has 4 aliphatic rings. The summed E-state index contributed by atoms with van der Waals surface area (Å²) in [6.07, 6.45) is 5.19. The van der Waals surface area contributed by atoms with Crippen LogP contribution in [-0.4, -0.2) is 74.5 Å². The molecule has 6 rings (SSSR count). The number of halogens is 2. The van der Waals surface area contributed by atoms with Crippen LogP contribution < -0.4 is 14.4 Å². The van der Waals surface area contributed by atoms with Crippen molar-refractivity contribution in [1.29, 1.82) is 0 Å². The number of aliphatic hydroxyl groups excluding tert-OH is 1. The van der Waals surface area contributed by atoms with Crippen molar-refractivity contribution in [2.75, 3.05) is 37.7 Å². The zero-order valence-electron chi connectivity index (χ0n) is 24.6. The number of anilines is 1. The van der Waals surface area contributed by atoms with Crippen molar-refractivity contribution in [3.8, 4) is 5.75 Å². The van der Waals surface area contributed by atoms with Crippen LogP contribution in [0.2, 0.25) is 5.02 Å². The van der Waals surface area contributed by atoms with Crippen LogP contribution in [0.15, 0.2) is 48.3 Å². The normalized spacial score (nSPS) is 32.3. The highest BCUT2D eigenvalue weighted by Crippen LogP contribution is 2.45. The number of hydrogen-bond donors (Lipinski definition) is 2. The van der Waals surface area contributed by atoms with Gasteiger partial charge in [-0.25, -0.2) is 17.5 Å². The van der Waals surface area contributed by atoms with Crippen LogP contribution in [0.1, 0.15) is 61.0 Å². The van der Waals surface area contributed by atoms with E-state index in [2.05, 4.69) is 15.7 Å². The lowest BCUT2D eigenvalue weighted by Gasteiger charge is -2.48. The summed E-state index contributed by atoms with van der Waals surface area (Å²) in [5, 5.41) is 10.0. The highest BCUT2D eigenvalue weighted by molar-refractivity contribution is 7.90. The Morgan fingerprint density at radius 3 is 2.77 bits per heavy atom. The van der Waals surface area contributed by atoms with Crippen molar-refractivity contribution in [3.63, 3.8) is 0 Å². The molecule has 1 amide bonds. The topological polar surface area (TPSA) is 99.2 Å². The van der Waals surface area contributed by atoms with E-state index in [0.29, 0.717) is 42.7 Å². The largest absolute Gasteiger partial charge is 0.490 e. The molecule has 2 aromatic carbocycles. The summed E-state index contributed by atoms with van der Waals surface area (Å²) >= 11 is 6.37. The van der Waals surface area contributed by atoms with E-state index < -0.39 is 39.0 Å². The van der Waals surface area contributed by atoms with Gasteiger partial charge in [0.1, 0.15) is 11.6 Å². The minimum atomic E-state index is -4.05. The smallest absolute Gasteiger partial charge is 0.264 e. The van der Waals surface area contributed by atoms with E-state index in [4.69, 9.17) is 16.3 Å². The molecule has 1 saturated heterocycles. The molecule has 43 heavy (non-hydrogen) atoms. The predicted octanol–water partition coefficient (Wildman–Crippen LogP) is 4.59. The Kier molecular flexibility index (Phi) is 8.25. The number of carbonyl (C=O) groups excluding carboxylic acids is 1. The Balaban J connectivity index is 1.44. The standard InChI is InChI=1S/C32H39ClFN3O5S/c1-20-5-9-27(34)29(17-38)37-13-11-25(37)16-36-18-32(12-3-4-22-14-24(33)7-8-26(22)32)19-42-30-10-6-23(15-28(30)36)31(39)35-43(40,41)21(20)2/h6-10,14-15,20-21,25,29,38H,3-5,11-13,16-19H2,1-2H3,(H,35,39)/b27-9-/t20-,21+,25-,29-,32-/m0/s1. The molecule has 0 radical (unpaired) electrons. The Morgan fingerprint density at radius 1 is 1.21 bits per heavy atom. The van der Waals surface area contributed by atoms with Gasteiger partial charge in [0.15, 0.2) is 0 Å². The molecule has 5 atom stereocenters. The van der Waals surface area contributed by atoms with Gasteiger partial charge < -0.3 is 14.7 Å². The second kappa shape index (κ2) is 11.7. The molecule has 3 heterocycles. The summed E-state index contributed by atoms with van der Waals surface area (Å²) in [6, 6.07) is 10.2. The monoisotopic (exact) mass is 631 g/mol. The van der Waals surface area contributed by atoms with Gasteiger partial charge in [-0.15, -0.1) is 0 Å². The molecule has 0 saturated carbocycles. The second-order valence-corrected chi connectivity index (χ2v) is 15.1. The van der Waals surface area contributed by atoms with Gasteiger partial charge >= 0.3 is 0 Å². The fourth-order valence-electron chi connectivity index (χ4n) is 7.14. The number of rotatable bonds is 1. The Labute approximate surface area is 257 Å². The number of aryl methyl sites for hydroxylation is 1. The van der Waals surface area contributed by atoms with Crippen LogP contribution in [0, 0.1) is 5.92 Å². The summed E-state index contributed by atoms with van der Waals surface area (Å²) in [7, 11) is -4.05. The summed E-state index contributed by atoms with van der Waals surface area (Å²) in [5.74, 6) is -1.03. The molecule has 232 valence electrons. The minimum Gasteiger partial charge on any atom is -0.490 e. The maximum atomic E-state index is 15.5. The van der Waals surface area contributed by atoms with Gasteiger partial charge in [0, 0.05) is 41.7 Å². The fraction of sp³-hybridized carbons (Fsp3) is 0.531. The maximum Gasteiger partial charge on any atom is 0.264 e. The Hall–Kier alpha value is -2.66. The van der Waals surface area contributed by atoms with Gasteiger partial charge in [-0.1, -0.05) is 30.7 Å². The first-order valence-electron chi connectivity index (χ1n) is 15.1. The number of carbonyl (C=O) groups is 1. The molecule has 2 N–H and O–H groups in total. The highest BCUT2D eigenvalue weighted by atomic mass is 35.5. The zero-order chi connectivity index (χ0) is 30.5. The third kappa shape index (κ3) is 5.67. The lowest BCUT2D eigenvalue weighted by Crippen LogP contribution is -2.60. The molecule has 1 aliphatic carbocycles. The number of allylic oxidation sites excluding steroid dienone is 1. The highest BCUT2D eigenvalue weighted by Gasteiger charge is 2.44. The van der Waals surface area contributed by atoms with Crippen LogP contribution in [-0.2, 0) is 21.9 Å². The van der Waals surface area contributed by atoms with Crippen LogP contribution in [0.5, 0.6) is 5.75 Å². The van der Waals surface area contributed by atoms with Gasteiger partial charge in [0.25, 0.3) is 5.91 Å². The van der Waals surface area contributed by atoms with Crippen molar-refractivity contribution >= 4 is 33.2 Å². The third-order valence-electron chi connectivity index (χ3n) is 10.0. The number of ether oxygens (including phenoxy) is 1. The molecule has 11 heteroatoms. The molecular weight excluding hydrogens is 593 g/mol. The number of benzene rings is 2. The lowest BCUT2D eigenvalue weighted by molar-refractivity contribution is 0.0232. The van der Waals surface area contributed by atoms with Crippen molar-refractivity contribution in [3.05, 3.63) is 70.0 Å². The van der Waals surface area contributed by atoms with Crippen molar-refractivity contribution in [2.45, 2.75) is 68.7 Å². The van der Waals surface area contributed by atoms with Crippen LogP contribution in [0.4, 0.5) is 10.1 Å². The molecule has 2 aromatic rings. The number of nitrogens with one attached hydrogen (secondary N) is 1. The first-order chi connectivity index (χ1) is 20.5. The molecule has 1 spiro atoms. The van der Waals surface area contributed by atoms with E-state index in [9.17, 15) is 18.3 Å². The first kappa shape index (κ1) is 30.4. The Morgan fingerprint density at radius 2 is 2.02 bits per heavy atom. The lowest BCUT2D eigenvalue weighted by atomic mass is 9.70. The first-order valence-corrected chi connectivity index (χ1v) is 17.0. The van der Waals surface area contributed by atoms with Crippen LogP contribution in [0.25, 0.3) is 0 Å². The molecule has 8 nitrogen and oxygen atoms in total. The SMILES string of the molecule is C[C@@H]1[C@@H](C)C/C=C(\F)[C@H](CO)N2CC[C@H]2CN2C[C@@]3(CCCc4cc(Cl)ccc43)COc3ccc(cc32)C(=O)NS1(=O)=O. The Bertz CT molecular complexity index is 1550. The third-order valence-corrected chi connectivity index (χ3v) is 12.2. The number of amides is 1. The van der Waals surface area contributed by atoms with Gasteiger partial charge in [0.2, 0.25) is 10.0 Å². The van der Waals surface area contributed by atoms with E-state index in [-0.39, 0.29) is 30.0 Å². The summed E-state index contributed by atoms with van der Waals surface area (Å²) in [6.45, 7) is 5.06. The molecule has 0 aromatic heterocycles. The van der Waals surface area contributed by atoms with Crippen molar-refractivity contribution in [2.24, 2.45) is 5.92 Å². The molecular formula is C32H39ClFN3O5S. The van der Waals surface area contributed by atoms with E-state index >= 15 is 4.39 Å². The second-order valence-electron chi connectivity index (χ2n) is 12.6. The number of nitrogens with zero attached hydrogens (tertiary/aromatic N) is 2. The van der Waals surface area contributed by atoms with E-state index in [1.54, 1.807) is 25.1 Å². The summed E-state index contributed by atoms with van der Waals surface area (Å²) in [4.78, 5) is 17.5. The number of aliphatic hydroxyl groups is 1. The number of hydrogen-bond acceptors (Lipinski definition) is 7. The van der Waals surface area contributed by atoms with Gasteiger partial charge in [-0.3, -0.25) is 9.69 Å². The maximum absolute atomic E-state index is 15.5. The van der Waals surface area contributed by atoms with E-state index in [1.165, 1.54) is 24.1 Å². The molecule has 2 bridgehead atoms. The van der Waals surface area contributed by atoms with Gasteiger partial charge in [-0.2, -0.15) is 0 Å².